The smallest absolute Gasteiger partial charge is 0.342 e. The van der Waals surface area contributed by atoms with Crippen LogP contribution in [-0.2, 0) is 0 Å². The molecule has 5 nitrogen and oxygen atoms in total. The van der Waals surface area contributed by atoms with Crippen LogP contribution in [0, 0.1) is 13.8 Å². The zero-order chi connectivity index (χ0) is 15.6. The van der Waals surface area contributed by atoms with Crippen LogP contribution in [0.5, 0.6) is 0 Å². The van der Waals surface area contributed by atoms with Gasteiger partial charge in [-0.2, -0.15) is 5.10 Å². The summed E-state index contributed by atoms with van der Waals surface area (Å²) in [5.74, 6) is -0.0586. The Labute approximate surface area is 128 Å². The third kappa shape index (κ3) is 3.21. The number of aromatic nitrogens is 2. The van der Waals surface area contributed by atoms with Gasteiger partial charge in [-0.25, -0.2) is 9.48 Å². The fourth-order valence-corrected chi connectivity index (χ4v) is 3.05. The molecule has 0 radical (unpaired) electrons. The van der Waals surface area contributed by atoms with E-state index in [0.29, 0.717) is 5.03 Å². The summed E-state index contributed by atoms with van der Waals surface area (Å²) in [6.07, 6.45) is 0.944. The van der Waals surface area contributed by atoms with Crippen molar-refractivity contribution in [2.75, 3.05) is 11.5 Å². The number of aryl methyl sites for hydroxylation is 2. The van der Waals surface area contributed by atoms with E-state index in [4.69, 9.17) is 5.73 Å². The largest absolute Gasteiger partial charge is 0.477 e. The topological polar surface area (TPSA) is 81.1 Å². The predicted octanol–water partition coefficient (Wildman–Crippen LogP) is 3.27. The number of carboxylic acid groups (broad SMARTS) is 1. The van der Waals surface area contributed by atoms with Crippen molar-refractivity contribution < 1.29 is 9.90 Å². The van der Waals surface area contributed by atoms with Crippen LogP contribution in [0.15, 0.2) is 23.2 Å². The molecule has 0 aliphatic rings. The Morgan fingerprint density at radius 1 is 1.33 bits per heavy atom. The molecule has 112 valence electrons. The predicted molar refractivity (Wildman–Crippen MR) is 85.4 cm³/mol. The SMILES string of the molecule is CCCSc1nn(-c2cc(C)cc(C)c2)c(N)c1C(=O)O. The molecule has 0 bridgehead atoms. The molecule has 0 fully saturated rings. The maximum Gasteiger partial charge on any atom is 0.342 e. The van der Waals surface area contributed by atoms with Gasteiger partial charge >= 0.3 is 5.97 Å². The van der Waals surface area contributed by atoms with Crippen molar-refractivity contribution in [1.29, 1.82) is 0 Å². The zero-order valence-electron chi connectivity index (χ0n) is 12.4. The first-order chi connectivity index (χ1) is 9.93. The Morgan fingerprint density at radius 2 is 1.95 bits per heavy atom. The third-order valence-electron chi connectivity index (χ3n) is 3.00. The van der Waals surface area contributed by atoms with E-state index in [1.165, 1.54) is 16.4 Å². The lowest BCUT2D eigenvalue weighted by molar-refractivity contribution is 0.0694. The van der Waals surface area contributed by atoms with Crippen molar-refractivity contribution in [2.45, 2.75) is 32.2 Å². The third-order valence-corrected chi connectivity index (χ3v) is 4.17. The van der Waals surface area contributed by atoms with Gasteiger partial charge < -0.3 is 10.8 Å². The summed E-state index contributed by atoms with van der Waals surface area (Å²) in [5.41, 5.74) is 9.06. The summed E-state index contributed by atoms with van der Waals surface area (Å²) in [4.78, 5) is 11.4. The fraction of sp³-hybridized carbons (Fsp3) is 0.333. The molecule has 0 aliphatic carbocycles. The molecule has 0 aliphatic heterocycles. The van der Waals surface area contributed by atoms with E-state index in [2.05, 4.69) is 5.10 Å². The summed E-state index contributed by atoms with van der Waals surface area (Å²) in [7, 11) is 0. The lowest BCUT2D eigenvalue weighted by Crippen LogP contribution is -2.06. The Bertz CT molecular complexity index is 660. The van der Waals surface area contributed by atoms with Crippen molar-refractivity contribution in [1.82, 2.24) is 9.78 Å². The number of carboxylic acids is 1. The second kappa shape index (κ2) is 6.22. The van der Waals surface area contributed by atoms with Gasteiger partial charge in [0, 0.05) is 0 Å². The molecule has 21 heavy (non-hydrogen) atoms. The van der Waals surface area contributed by atoms with E-state index in [0.717, 1.165) is 29.0 Å². The van der Waals surface area contributed by atoms with E-state index in [1.807, 2.05) is 39.0 Å². The van der Waals surface area contributed by atoms with Crippen molar-refractivity contribution >= 4 is 23.5 Å². The second-order valence-corrected chi connectivity index (χ2v) is 6.06. The number of nitrogens with two attached hydrogens (primary N) is 1. The normalized spacial score (nSPS) is 10.8. The van der Waals surface area contributed by atoms with Gasteiger partial charge in [-0.1, -0.05) is 13.0 Å². The highest BCUT2D eigenvalue weighted by Crippen LogP contribution is 2.29. The van der Waals surface area contributed by atoms with E-state index in [1.54, 1.807) is 0 Å². The number of hydrogen-bond donors (Lipinski definition) is 2. The molecule has 1 aromatic heterocycles. The molecular weight excluding hydrogens is 286 g/mol. The molecule has 3 N–H and O–H groups in total. The highest BCUT2D eigenvalue weighted by atomic mass is 32.2. The zero-order valence-corrected chi connectivity index (χ0v) is 13.2. The maximum absolute atomic E-state index is 11.4. The van der Waals surface area contributed by atoms with Crippen LogP contribution >= 0.6 is 11.8 Å². The molecule has 6 heteroatoms. The first kappa shape index (κ1) is 15.4. The molecule has 1 heterocycles. The molecular formula is C15H19N3O2S. The highest BCUT2D eigenvalue weighted by molar-refractivity contribution is 7.99. The molecule has 0 atom stereocenters. The molecule has 0 amide bonds. The van der Waals surface area contributed by atoms with Crippen LogP contribution < -0.4 is 5.73 Å². The van der Waals surface area contributed by atoms with Crippen LogP contribution in [0.3, 0.4) is 0 Å². The van der Waals surface area contributed by atoms with E-state index in [-0.39, 0.29) is 11.4 Å². The van der Waals surface area contributed by atoms with Crippen LogP contribution in [-0.4, -0.2) is 26.6 Å². The van der Waals surface area contributed by atoms with Crippen molar-refractivity contribution in [3.05, 3.63) is 34.9 Å². The molecule has 2 rings (SSSR count). The molecule has 0 spiro atoms. The van der Waals surface area contributed by atoms with Gasteiger partial charge in [-0.15, -0.1) is 11.8 Å². The highest BCUT2D eigenvalue weighted by Gasteiger charge is 2.22. The van der Waals surface area contributed by atoms with E-state index in [9.17, 15) is 9.90 Å². The Balaban J connectivity index is 2.56. The van der Waals surface area contributed by atoms with Gasteiger partial charge in [0.15, 0.2) is 0 Å². The van der Waals surface area contributed by atoms with Crippen LogP contribution in [0.4, 0.5) is 5.82 Å². The lowest BCUT2D eigenvalue weighted by atomic mass is 10.1. The summed E-state index contributed by atoms with van der Waals surface area (Å²) in [6, 6.07) is 5.93. The molecule has 0 unspecified atom stereocenters. The molecule has 0 saturated carbocycles. The van der Waals surface area contributed by atoms with E-state index >= 15 is 0 Å². The first-order valence-corrected chi connectivity index (χ1v) is 7.75. The van der Waals surface area contributed by atoms with E-state index < -0.39 is 5.97 Å². The van der Waals surface area contributed by atoms with Crippen molar-refractivity contribution in [3.8, 4) is 5.69 Å². The summed E-state index contributed by atoms with van der Waals surface area (Å²) >= 11 is 1.42. The number of rotatable bonds is 5. The Kier molecular flexibility index (Phi) is 4.57. The van der Waals surface area contributed by atoms with Crippen LogP contribution in [0.25, 0.3) is 5.69 Å². The number of carbonyl (C=O) groups is 1. The average Bonchev–Trinajstić information content (AvgIpc) is 2.72. The Morgan fingerprint density at radius 3 is 2.48 bits per heavy atom. The number of benzene rings is 1. The number of aromatic carboxylic acids is 1. The van der Waals surface area contributed by atoms with Gasteiger partial charge in [0.05, 0.1) is 5.69 Å². The number of thioether (sulfide) groups is 1. The number of hydrogen-bond acceptors (Lipinski definition) is 4. The molecule has 1 aromatic carbocycles. The van der Waals surface area contributed by atoms with Crippen molar-refractivity contribution in [3.63, 3.8) is 0 Å². The first-order valence-electron chi connectivity index (χ1n) is 6.77. The fourth-order valence-electron chi connectivity index (χ4n) is 2.18. The van der Waals surface area contributed by atoms with Crippen molar-refractivity contribution in [2.24, 2.45) is 0 Å². The minimum Gasteiger partial charge on any atom is -0.477 e. The average molecular weight is 305 g/mol. The molecule has 2 aromatic rings. The minimum absolute atomic E-state index is 0.0904. The lowest BCUT2D eigenvalue weighted by Gasteiger charge is -2.06. The standard InChI is InChI=1S/C15H19N3O2S/c1-4-5-21-14-12(15(19)20)13(16)18(17-14)11-7-9(2)6-10(3)8-11/h6-8H,4-5,16H2,1-3H3,(H,19,20). The quantitative estimate of drug-likeness (QED) is 0.829. The molecule has 0 saturated heterocycles. The monoisotopic (exact) mass is 305 g/mol. The van der Waals surface area contributed by atoms with Gasteiger partial charge in [-0.3, -0.25) is 0 Å². The van der Waals surface area contributed by atoms with Gasteiger partial charge in [0.25, 0.3) is 0 Å². The van der Waals surface area contributed by atoms with Crippen LogP contribution in [0.2, 0.25) is 0 Å². The minimum atomic E-state index is -1.04. The summed E-state index contributed by atoms with van der Waals surface area (Å²) in [6.45, 7) is 6.01. The number of anilines is 1. The van der Waals surface area contributed by atoms with Gasteiger partial charge in [0.1, 0.15) is 16.4 Å². The maximum atomic E-state index is 11.4. The summed E-state index contributed by atoms with van der Waals surface area (Å²) in [5, 5.41) is 14.2. The van der Waals surface area contributed by atoms with Crippen LogP contribution in [0.1, 0.15) is 34.8 Å². The van der Waals surface area contributed by atoms with Gasteiger partial charge in [0.2, 0.25) is 0 Å². The summed E-state index contributed by atoms with van der Waals surface area (Å²) < 4.78 is 1.52. The Hall–Kier alpha value is -1.95. The number of nitrogens with zero attached hydrogens (tertiary/aromatic N) is 2. The number of nitrogen functional groups attached to an aromatic ring is 1. The second-order valence-electron chi connectivity index (χ2n) is 4.98. The van der Waals surface area contributed by atoms with Gasteiger partial charge in [-0.05, 0) is 49.3 Å².